The van der Waals surface area contributed by atoms with E-state index < -0.39 is 0 Å². The highest BCUT2D eigenvalue weighted by molar-refractivity contribution is 5.46. The molecule has 2 aromatic rings. The summed E-state index contributed by atoms with van der Waals surface area (Å²) in [7, 11) is 0. The van der Waals surface area contributed by atoms with E-state index >= 15 is 0 Å². The summed E-state index contributed by atoms with van der Waals surface area (Å²) in [5.41, 5.74) is 2.55. The van der Waals surface area contributed by atoms with Crippen LogP contribution in [0.5, 0.6) is 0 Å². The molecule has 4 nitrogen and oxygen atoms in total. The van der Waals surface area contributed by atoms with E-state index in [1.807, 2.05) is 12.1 Å². The number of fused-ring (bicyclic) bond motifs is 1. The first kappa shape index (κ1) is 12.2. The highest BCUT2D eigenvalue weighted by atomic mass is 16.3. The highest BCUT2D eigenvalue weighted by Gasteiger charge is 2.13. The molecule has 0 aliphatic heterocycles. The van der Waals surface area contributed by atoms with Crippen molar-refractivity contribution in [1.82, 2.24) is 9.97 Å². The van der Waals surface area contributed by atoms with Crippen molar-refractivity contribution in [3.8, 4) is 0 Å². The Balaban J connectivity index is 1.67. The van der Waals surface area contributed by atoms with Gasteiger partial charge in [-0.05, 0) is 37.8 Å². The number of rotatable bonds is 4. The van der Waals surface area contributed by atoms with Crippen LogP contribution in [-0.4, -0.2) is 16.5 Å². The predicted molar refractivity (Wildman–Crippen MR) is 74.2 cm³/mol. The van der Waals surface area contributed by atoms with Crippen LogP contribution < -0.4 is 5.32 Å². The van der Waals surface area contributed by atoms with Crippen LogP contribution in [0.4, 0.5) is 5.82 Å². The normalized spacial score (nSPS) is 14.7. The Morgan fingerprint density at radius 1 is 1.16 bits per heavy atom. The van der Waals surface area contributed by atoms with Crippen molar-refractivity contribution in [3.05, 3.63) is 41.7 Å². The van der Waals surface area contributed by atoms with Crippen LogP contribution in [0, 0.1) is 0 Å². The number of nitrogens with zero attached hydrogens (tertiary/aromatic N) is 2. The monoisotopic (exact) mass is 257 g/mol. The van der Waals surface area contributed by atoms with E-state index in [4.69, 9.17) is 4.42 Å². The Bertz CT molecular complexity index is 522. The smallest absolute Gasteiger partial charge is 0.132 e. The minimum Gasteiger partial charge on any atom is -0.469 e. The fourth-order valence-corrected chi connectivity index (χ4v) is 2.61. The second-order valence-electron chi connectivity index (χ2n) is 4.96. The number of hydrogen-bond donors (Lipinski definition) is 1. The zero-order valence-corrected chi connectivity index (χ0v) is 11.1. The highest BCUT2D eigenvalue weighted by Crippen LogP contribution is 2.23. The van der Waals surface area contributed by atoms with Crippen molar-refractivity contribution in [3.63, 3.8) is 0 Å². The predicted octanol–water partition coefficient (Wildman–Crippen LogP) is 2.99. The fraction of sp³-hybridized carbons (Fsp3) is 0.467. The molecule has 1 aliphatic rings. The first-order chi connectivity index (χ1) is 9.43. The van der Waals surface area contributed by atoms with E-state index in [9.17, 15) is 0 Å². The van der Waals surface area contributed by atoms with E-state index in [1.165, 1.54) is 30.5 Å². The summed E-state index contributed by atoms with van der Waals surface area (Å²) >= 11 is 0. The van der Waals surface area contributed by atoms with E-state index in [1.54, 1.807) is 12.6 Å². The van der Waals surface area contributed by atoms with Crippen molar-refractivity contribution in [2.45, 2.75) is 38.5 Å². The van der Waals surface area contributed by atoms with Gasteiger partial charge in [0.05, 0.1) is 6.26 Å². The lowest BCUT2D eigenvalue weighted by Crippen LogP contribution is -2.10. The number of aromatic nitrogens is 2. The summed E-state index contributed by atoms with van der Waals surface area (Å²) in [6, 6.07) is 3.92. The van der Waals surface area contributed by atoms with E-state index in [0.29, 0.717) is 0 Å². The first-order valence-corrected chi connectivity index (χ1v) is 7.02. The molecule has 3 rings (SSSR count). The molecule has 19 heavy (non-hydrogen) atoms. The second-order valence-corrected chi connectivity index (χ2v) is 4.96. The Hall–Kier alpha value is -1.84. The van der Waals surface area contributed by atoms with Crippen molar-refractivity contribution in [1.29, 1.82) is 0 Å². The Kier molecular flexibility index (Phi) is 3.77. The molecule has 1 aliphatic carbocycles. The zero-order chi connectivity index (χ0) is 12.9. The lowest BCUT2D eigenvalue weighted by molar-refractivity contribution is 0.513. The maximum absolute atomic E-state index is 5.33. The van der Waals surface area contributed by atoms with E-state index in [2.05, 4.69) is 15.3 Å². The SMILES string of the molecule is c1coc(CCNc2ncnc3c2CCCCC3)c1. The van der Waals surface area contributed by atoms with Gasteiger partial charge in [-0.25, -0.2) is 9.97 Å². The van der Waals surface area contributed by atoms with Gasteiger partial charge in [0, 0.05) is 24.2 Å². The Morgan fingerprint density at radius 3 is 3.00 bits per heavy atom. The van der Waals surface area contributed by atoms with Gasteiger partial charge < -0.3 is 9.73 Å². The van der Waals surface area contributed by atoms with Gasteiger partial charge in [-0.3, -0.25) is 0 Å². The van der Waals surface area contributed by atoms with Crippen molar-refractivity contribution >= 4 is 5.82 Å². The minimum atomic E-state index is 0.844. The maximum atomic E-state index is 5.33. The summed E-state index contributed by atoms with van der Waals surface area (Å²) in [6.07, 6.45) is 10.2. The van der Waals surface area contributed by atoms with Crippen LogP contribution in [0.15, 0.2) is 29.1 Å². The summed E-state index contributed by atoms with van der Waals surface area (Å²) in [5.74, 6) is 2.02. The molecule has 2 heterocycles. The van der Waals surface area contributed by atoms with Crippen molar-refractivity contribution in [2.24, 2.45) is 0 Å². The molecule has 0 aromatic carbocycles. The van der Waals surface area contributed by atoms with Gasteiger partial charge in [0.2, 0.25) is 0 Å². The third kappa shape index (κ3) is 2.95. The third-order valence-electron chi connectivity index (χ3n) is 3.62. The molecule has 0 amide bonds. The number of anilines is 1. The maximum Gasteiger partial charge on any atom is 0.132 e. The van der Waals surface area contributed by atoms with Gasteiger partial charge >= 0.3 is 0 Å². The van der Waals surface area contributed by atoms with Gasteiger partial charge in [-0.15, -0.1) is 0 Å². The summed E-state index contributed by atoms with van der Waals surface area (Å²) in [4.78, 5) is 8.83. The minimum absolute atomic E-state index is 0.844. The largest absolute Gasteiger partial charge is 0.469 e. The zero-order valence-electron chi connectivity index (χ0n) is 11.1. The van der Waals surface area contributed by atoms with Crippen LogP contribution in [0.25, 0.3) is 0 Å². The van der Waals surface area contributed by atoms with Crippen LogP contribution in [0.2, 0.25) is 0 Å². The van der Waals surface area contributed by atoms with Gasteiger partial charge in [0.25, 0.3) is 0 Å². The molecule has 0 spiro atoms. The number of hydrogen-bond acceptors (Lipinski definition) is 4. The molecule has 0 saturated carbocycles. The number of nitrogens with one attached hydrogen (secondary N) is 1. The molecule has 0 bridgehead atoms. The standard InChI is InChI=1S/C15H19N3O/c1-2-6-13-14(7-3-1)17-11-18-15(13)16-9-8-12-5-4-10-19-12/h4-5,10-11H,1-3,6-9H2,(H,16,17,18). The second kappa shape index (κ2) is 5.87. The van der Waals surface area contributed by atoms with Crippen LogP contribution in [0.3, 0.4) is 0 Å². The number of aryl methyl sites for hydroxylation is 1. The average Bonchev–Trinajstić information content (AvgIpc) is 2.82. The van der Waals surface area contributed by atoms with Gasteiger partial charge in [-0.2, -0.15) is 0 Å². The third-order valence-corrected chi connectivity index (χ3v) is 3.62. The molecule has 0 radical (unpaired) electrons. The van der Waals surface area contributed by atoms with Crippen molar-refractivity contribution < 1.29 is 4.42 Å². The topological polar surface area (TPSA) is 51.0 Å². The van der Waals surface area contributed by atoms with Crippen LogP contribution >= 0.6 is 0 Å². The molecular weight excluding hydrogens is 238 g/mol. The van der Waals surface area contributed by atoms with Crippen molar-refractivity contribution in [2.75, 3.05) is 11.9 Å². The lowest BCUT2D eigenvalue weighted by Gasteiger charge is -2.11. The van der Waals surface area contributed by atoms with E-state index in [-0.39, 0.29) is 0 Å². The molecule has 0 unspecified atom stereocenters. The number of furan rings is 1. The quantitative estimate of drug-likeness (QED) is 0.855. The molecule has 0 atom stereocenters. The lowest BCUT2D eigenvalue weighted by atomic mass is 10.1. The van der Waals surface area contributed by atoms with E-state index in [0.717, 1.165) is 37.4 Å². The molecule has 100 valence electrons. The Labute approximate surface area is 113 Å². The average molecular weight is 257 g/mol. The van der Waals surface area contributed by atoms with Gasteiger partial charge in [0.15, 0.2) is 0 Å². The fourth-order valence-electron chi connectivity index (χ4n) is 2.61. The molecular formula is C15H19N3O. The summed E-state index contributed by atoms with van der Waals surface area (Å²) < 4.78 is 5.33. The van der Waals surface area contributed by atoms with Gasteiger partial charge in [-0.1, -0.05) is 6.42 Å². The van der Waals surface area contributed by atoms with Gasteiger partial charge in [0.1, 0.15) is 17.9 Å². The van der Waals surface area contributed by atoms with Crippen LogP contribution in [-0.2, 0) is 19.3 Å². The molecule has 1 N–H and O–H groups in total. The summed E-state index contributed by atoms with van der Waals surface area (Å²) in [5, 5.41) is 3.43. The molecule has 0 saturated heterocycles. The van der Waals surface area contributed by atoms with Crippen LogP contribution in [0.1, 0.15) is 36.3 Å². The first-order valence-electron chi connectivity index (χ1n) is 7.02. The summed E-state index contributed by atoms with van der Waals surface area (Å²) in [6.45, 7) is 0.844. The molecule has 0 fully saturated rings. The molecule has 4 heteroatoms. The Morgan fingerprint density at radius 2 is 2.11 bits per heavy atom. The molecule has 2 aromatic heterocycles.